The van der Waals surface area contributed by atoms with Gasteiger partial charge in [0.15, 0.2) is 0 Å². The molecule has 5 nitrogen and oxygen atoms in total. The standard InChI is InChI=1S/C17H25NO4S/c1-4-5-6-7-8-15(13-17(19)22-3)18-23(20,21)16-11-9-14(2)10-12-16/h5-6,9-12,15,18H,4,7-8,13H2,1-3H3/b6-5-/t15-/m1/s1. The van der Waals surface area contributed by atoms with Gasteiger partial charge in [-0.1, -0.05) is 36.8 Å². The Kier molecular flexibility index (Phi) is 7.98. The SMILES string of the molecule is CC/C=C\CC[C@H](CC(=O)OC)NS(=O)(=O)c1ccc(C)cc1. The monoisotopic (exact) mass is 339 g/mol. The van der Waals surface area contributed by atoms with Crippen molar-refractivity contribution in [2.75, 3.05) is 7.11 Å². The van der Waals surface area contributed by atoms with Crippen molar-refractivity contribution in [3.8, 4) is 0 Å². The summed E-state index contributed by atoms with van der Waals surface area (Å²) >= 11 is 0. The maximum Gasteiger partial charge on any atom is 0.307 e. The average Bonchev–Trinajstić information content (AvgIpc) is 2.51. The van der Waals surface area contributed by atoms with E-state index in [0.29, 0.717) is 12.8 Å². The molecule has 1 N–H and O–H groups in total. The van der Waals surface area contributed by atoms with Gasteiger partial charge in [-0.15, -0.1) is 0 Å². The second-order valence-electron chi connectivity index (χ2n) is 5.37. The maximum atomic E-state index is 12.4. The van der Waals surface area contributed by atoms with E-state index >= 15 is 0 Å². The van der Waals surface area contributed by atoms with Crippen LogP contribution in [-0.4, -0.2) is 27.5 Å². The molecule has 0 aliphatic rings. The number of esters is 1. The van der Waals surface area contributed by atoms with Crippen molar-refractivity contribution in [3.05, 3.63) is 42.0 Å². The van der Waals surface area contributed by atoms with Crippen molar-refractivity contribution in [2.24, 2.45) is 0 Å². The lowest BCUT2D eigenvalue weighted by Gasteiger charge is -2.17. The van der Waals surface area contributed by atoms with E-state index in [1.807, 2.05) is 26.0 Å². The summed E-state index contributed by atoms with van der Waals surface area (Å²) in [6.45, 7) is 3.92. The number of benzene rings is 1. The number of hydrogen-bond acceptors (Lipinski definition) is 4. The first-order valence-corrected chi connectivity index (χ1v) is 9.18. The van der Waals surface area contributed by atoms with Crippen LogP contribution in [0.1, 0.15) is 38.2 Å². The van der Waals surface area contributed by atoms with Gasteiger partial charge in [0, 0.05) is 6.04 Å². The first kappa shape index (κ1) is 19.4. The minimum atomic E-state index is -3.65. The molecule has 1 aromatic rings. The molecule has 1 rings (SSSR count). The molecular weight excluding hydrogens is 314 g/mol. The van der Waals surface area contributed by atoms with Gasteiger partial charge >= 0.3 is 5.97 Å². The van der Waals surface area contributed by atoms with Crippen LogP contribution in [0.15, 0.2) is 41.3 Å². The average molecular weight is 339 g/mol. The van der Waals surface area contributed by atoms with Crippen molar-refractivity contribution in [1.29, 1.82) is 0 Å². The number of methoxy groups -OCH3 is 1. The third-order valence-electron chi connectivity index (χ3n) is 3.38. The van der Waals surface area contributed by atoms with Crippen LogP contribution < -0.4 is 4.72 Å². The zero-order chi connectivity index (χ0) is 17.3. The van der Waals surface area contributed by atoms with Gasteiger partial charge < -0.3 is 4.74 Å². The molecule has 0 spiro atoms. The lowest BCUT2D eigenvalue weighted by molar-refractivity contribution is -0.141. The van der Waals surface area contributed by atoms with Gasteiger partial charge in [0.25, 0.3) is 0 Å². The molecule has 0 heterocycles. The quantitative estimate of drug-likeness (QED) is 0.554. The predicted molar refractivity (Wildman–Crippen MR) is 90.6 cm³/mol. The predicted octanol–water partition coefficient (Wildman–Crippen LogP) is 2.95. The summed E-state index contributed by atoms with van der Waals surface area (Å²) in [6, 6.07) is 6.12. The summed E-state index contributed by atoms with van der Waals surface area (Å²) in [7, 11) is -2.36. The van der Waals surface area contributed by atoms with Crippen molar-refractivity contribution in [1.82, 2.24) is 4.72 Å². The number of carbonyl (C=O) groups is 1. The minimum Gasteiger partial charge on any atom is -0.469 e. The molecule has 0 bridgehead atoms. The molecule has 6 heteroatoms. The van der Waals surface area contributed by atoms with Crippen molar-refractivity contribution >= 4 is 16.0 Å². The highest BCUT2D eigenvalue weighted by molar-refractivity contribution is 7.89. The van der Waals surface area contributed by atoms with Gasteiger partial charge in [-0.05, 0) is 38.3 Å². The summed E-state index contributed by atoms with van der Waals surface area (Å²) in [5.41, 5.74) is 0.986. The van der Waals surface area contributed by atoms with Crippen LogP contribution in [0.5, 0.6) is 0 Å². The highest BCUT2D eigenvalue weighted by atomic mass is 32.2. The zero-order valence-corrected chi connectivity index (χ0v) is 14.7. The normalized spacial score (nSPS) is 13.2. The van der Waals surface area contributed by atoms with E-state index < -0.39 is 22.0 Å². The first-order chi connectivity index (χ1) is 10.9. The Hall–Kier alpha value is -1.66. The van der Waals surface area contributed by atoms with E-state index in [0.717, 1.165) is 12.0 Å². The topological polar surface area (TPSA) is 72.5 Å². The van der Waals surface area contributed by atoms with Gasteiger partial charge in [0.2, 0.25) is 10.0 Å². The van der Waals surface area contributed by atoms with Gasteiger partial charge in [0.1, 0.15) is 0 Å². The summed E-state index contributed by atoms with van der Waals surface area (Å²) in [6.07, 6.45) is 6.19. The van der Waals surface area contributed by atoms with Crippen LogP contribution >= 0.6 is 0 Å². The largest absolute Gasteiger partial charge is 0.469 e. The number of carbonyl (C=O) groups excluding carboxylic acids is 1. The Morgan fingerprint density at radius 3 is 2.48 bits per heavy atom. The van der Waals surface area contributed by atoms with Crippen LogP contribution in [0.2, 0.25) is 0 Å². The van der Waals surface area contributed by atoms with E-state index in [2.05, 4.69) is 9.46 Å². The van der Waals surface area contributed by atoms with Gasteiger partial charge in [-0.25, -0.2) is 13.1 Å². The minimum absolute atomic E-state index is 0.0154. The molecule has 0 aliphatic carbocycles. The third kappa shape index (κ3) is 6.97. The highest BCUT2D eigenvalue weighted by Gasteiger charge is 2.22. The Morgan fingerprint density at radius 2 is 1.91 bits per heavy atom. The number of hydrogen-bond donors (Lipinski definition) is 1. The molecule has 0 fully saturated rings. The summed E-state index contributed by atoms with van der Waals surface area (Å²) < 4.78 is 32.1. The van der Waals surface area contributed by atoms with Crippen molar-refractivity contribution in [2.45, 2.75) is 50.5 Å². The molecule has 0 saturated carbocycles. The molecule has 1 aromatic carbocycles. The Balaban J connectivity index is 2.82. The molecule has 23 heavy (non-hydrogen) atoms. The van der Waals surface area contributed by atoms with Gasteiger partial charge in [0.05, 0.1) is 18.4 Å². The van der Waals surface area contributed by atoms with E-state index in [4.69, 9.17) is 0 Å². The Labute approximate surface area is 138 Å². The molecule has 0 aromatic heterocycles. The number of ether oxygens (including phenoxy) is 1. The zero-order valence-electron chi connectivity index (χ0n) is 13.9. The molecule has 0 aliphatic heterocycles. The highest BCUT2D eigenvalue weighted by Crippen LogP contribution is 2.13. The maximum absolute atomic E-state index is 12.4. The molecule has 0 radical (unpaired) electrons. The lowest BCUT2D eigenvalue weighted by atomic mass is 10.1. The second kappa shape index (κ2) is 9.47. The molecule has 0 unspecified atom stereocenters. The number of rotatable bonds is 9. The van der Waals surface area contributed by atoms with Crippen LogP contribution in [0.25, 0.3) is 0 Å². The second-order valence-corrected chi connectivity index (χ2v) is 7.08. The fourth-order valence-corrected chi connectivity index (χ4v) is 3.34. The Bertz CT molecular complexity index is 620. The smallest absolute Gasteiger partial charge is 0.307 e. The molecule has 0 saturated heterocycles. The fourth-order valence-electron chi connectivity index (χ4n) is 2.07. The molecule has 1 atom stereocenters. The Morgan fingerprint density at radius 1 is 1.26 bits per heavy atom. The summed E-state index contributed by atoms with van der Waals surface area (Å²) in [5.74, 6) is -0.430. The van der Waals surface area contributed by atoms with Crippen LogP contribution in [0.3, 0.4) is 0 Å². The molecule has 0 amide bonds. The van der Waals surface area contributed by atoms with E-state index in [9.17, 15) is 13.2 Å². The van der Waals surface area contributed by atoms with E-state index in [1.54, 1.807) is 24.3 Å². The van der Waals surface area contributed by atoms with E-state index in [-0.39, 0.29) is 11.3 Å². The number of aryl methyl sites for hydroxylation is 1. The molecular formula is C17H25NO4S. The van der Waals surface area contributed by atoms with Crippen LogP contribution in [0.4, 0.5) is 0 Å². The first-order valence-electron chi connectivity index (χ1n) is 7.70. The third-order valence-corrected chi connectivity index (χ3v) is 4.91. The van der Waals surface area contributed by atoms with Crippen molar-refractivity contribution in [3.63, 3.8) is 0 Å². The lowest BCUT2D eigenvalue weighted by Crippen LogP contribution is -2.36. The number of allylic oxidation sites excluding steroid dienone is 2. The summed E-state index contributed by atoms with van der Waals surface area (Å²) in [4.78, 5) is 11.7. The van der Waals surface area contributed by atoms with Gasteiger partial charge in [-0.3, -0.25) is 4.79 Å². The number of sulfonamides is 1. The summed E-state index contributed by atoms with van der Waals surface area (Å²) in [5, 5.41) is 0. The molecule has 128 valence electrons. The fraction of sp³-hybridized carbons (Fsp3) is 0.471. The van der Waals surface area contributed by atoms with Crippen LogP contribution in [0, 0.1) is 6.92 Å². The number of nitrogens with one attached hydrogen (secondary N) is 1. The van der Waals surface area contributed by atoms with Crippen LogP contribution in [-0.2, 0) is 19.6 Å². The van der Waals surface area contributed by atoms with Crippen molar-refractivity contribution < 1.29 is 17.9 Å². The van der Waals surface area contributed by atoms with Gasteiger partial charge in [-0.2, -0.15) is 0 Å². The van der Waals surface area contributed by atoms with E-state index in [1.165, 1.54) is 7.11 Å².